The molecule has 1 heterocycles. The molecule has 2 N–H and O–H groups in total. The molecule has 0 saturated carbocycles. The Morgan fingerprint density at radius 3 is 2.70 bits per heavy atom. The maximum absolute atomic E-state index is 12.0. The van der Waals surface area contributed by atoms with Crippen LogP contribution < -0.4 is 10.6 Å². The summed E-state index contributed by atoms with van der Waals surface area (Å²) in [6, 6.07) is 9.50. The molecule has 2 amide bonds. The number of thiazole rings is 1. The quantitative estimate of drug-likeness (QED) is 0.730. The lowest BCUT2D eigenvalue weighted by Crippen LogP contribution is -2.24. The van der Waals surface area contributed by atoms with E-state index in [1.807, 2.05) is 30.3 Å². The number of benzene rings is 1. The van der Waals surface area contributed by atoms with E-state index in [0.29, 0.717) is 23.8 Å². The standard InChI is InChI=1S/C17H21N3O2S/c1-2-3-7-10-18-16(22)14-12-23-17(19-14)20-15(21)11-13-8-5-4-6-9-13/h4-6,8-9,12H,2-3,7,10-11H2,1H3,(H,18,22)(H,19,20,21). The Kier molecular flexibility index (Phi) is 6.75. The number of amides is 2. The summed E-state index contributed by atoms with van der Waals surface area (Å²) in [6.45, 7) is 2.77. The molecule has 0 unspecified atom stereocenters. The largest absolute Gasteiger partial charge is 0.351 e. The van der Waals surface area contributed by atoms with Crippen LogP contribution in [0.3, 0.4) is 0 Å². The molecule has 1 aromatic heterocycles. The van der Waals surface area contributed by atoms with E-state index in [2.05, 4.69) is 22.5 Å². The van der Waals surface area contributed by atoms with Crippen molar-refractivity contribution < 1.29 is 9.59 Å². The first kappa shape index (κ1) is 17.1. The van der Waals surface area contributed by atoms with Crippen molar-refractivity contribution >= 4 is 28.3 Å². The zero-order valence-electron chi connectivity index (χ0n) is 13.2. The van der Waals surface area contributed by atoms with Crippen molar-refractivity contribution in [3.63, 3.8) is 0 Å². The van der Waals surface area contributed by atoms with E-state index in [-0.39, 0.29) is 11.8 Å². The average Bonchev–Trinajstić information content (AvgIpc) is 3.00. The van der Waals surface area contributed by atoms with Crippen molar-refractivity contribution in [3.05, 3.63) is 47.0 Å². The summed E-state index contributed by atoms with van der Waals surface area (Å²) < 4.78 is 0. The van der Waals surface area contributed by atoms with Crippen LogP contribution in [0.1, 0.15) is 42.2 Å². The summed E-state index contributed by atoms with van der Waals surface area (Å²) in [5.41, 5.74) is 1.29. The van der Waals surface area contributed by atoms with Gasteiger partial charge < -0.3 is 10.6 Å². The van der Waals surface area contributed by atoms with Crippen LogP contribution in [0.15, 0.2) is 35.7 Å². The van der Waals surface area contributed by atoms with E-state index in [0.717, 1.165) is 24.8 Å². The van der Waals surface area contributed by atoms with Gasteiger partial charge in [-0.1, -0.05) is 50.1 Å². The molecule has 0 atom stereocenters. The lowest BCUT2D eigenvalue weighted by molar-refractivity contribution is -0.115. The van der Waals surface area contributed by atoms with Gasteiger partial charge in [0.1, 0.15) is 5.69 Å². The Balaban J connectivity index is 1.82. The van der Waals surface area contributed by atoms with Crippen LogP contribution >= 0.6 is 11.3 Å². The molecule has 2 aromatic rings. The van der Waals surface area contributed by atoms with Crippen molar-refractivity contribution in [2.24, 2.45) is 0 Å². The molecule has 0 spiro atoms. The molecular formula is C17H21N3O2S. The van der Waals surface area contributed by atoms with Crippen molar-refractivity contribution in [1.82, 2.24) is 10.3 Å². The van der Waals surface area contributed by atoms with Crippen molar-refractivity contribution in [3.8, 4) is 0 Å². The smallest absolute Gasteiger partial charge is 0.270 e. The third kappa shape index (κ3) is 5.83. The fraction of sp³-hybridized carbons (Fsp3) is 0.353. The Morgan fingerprint density at radius 2 is 1.96 bits per heavy atom. The van der Waals surface area contributed by atoms with Gasteiger partial charge >= 0.3 is 0 Å². The van der Waals surface area contributed by atoms with Gasteiger partial charge in [-0.25, -0.2) is 4.98 Å². The van der Waals surface area contributed by atoms with Crippen molar-refractivity contribution in [1.29, 1.82) is 0 Å². The second-order valence-electron chi connectivity index (χ2n) is 5.21. The normalized spacial score (nSPS) is 10.3. The minimum Gasteiger partial charge on any atom is -0.351 e. The van der Waals surface area contributed by atoms with E-state index in [1.54, 1.807) is 5.38 Å². The number of nitrogens with zero attached hydrogens (tertiary/aromatic N) is 1. The van der Waals surface area contributed by atoms with Crippen LogP contribution in [0.4, 0.5) is 5.13 Å². The first-order valence-corrected chi connectivity index (χ1v) is 8.64. The van der Waals surface area contributed by atoms with Gasteiger partial charge in [0.25, 0.3) is 5.91 Å². The van der Waals surface area contributed by atoms with Crippen LogP contribution in [0.2, 0.25) is 0 Å². The maximum Gasteiger partial charge on any atom is 0.270 e. The number of carbonyl (C=O) groups is 2. The highest BCUT2D eigenvalue weighted by atomic mass is 32.1. The van der Waals surface area contributed by atoms with Crippen LogP contribution in [-0.4, -0.2) is 23.3 Å². The van der Waals surface area contributed by atoms with Gasteiger partial charge in [0.2, 0.25) is 5.91 Å². The second-order valence-corrected chi connectivity index (χ2v) is 6.07. The fourth-order valence-electron chi connectivity index (χ4n) is 2.05. The summed E-state index contributed by atoms with van der Waals surface area (Å²) in [7, 11) is 0. The highest BCUT2D eigenvalue weighted by Crippen LogP contribution is 2.16. The van der Waals surface area contributed by atoms with Crippen molar-refractivity contribution in [2.75, 3.05) is 11.9 Å². The lowest BCUT2D eigenvalue weighted by Gasteiger charge is -2.02. The first-order valence-electron chi connectivity index (χ1n) is 7.76. The SMILES string of the molecule is CCCCCNC(=O)c1csc(NC(=O)Cc2ccccc2)n1. The van der Waals surface area contributed by atoms with Gasteiger partial charge in [-0.3, -0.25) is 9.59 Å². The molecule has 2 rings (SSSR count). The molecule has 6 heteroatoms. The van der Waals surface area contributed by atoms with E-state index < -0.39 is 0 Å². The molecule has 0 fully saturated rings. The van der Waals surface area contributed by atoms with E-state index in [4.69, 9.17) is 0 Å². The number of anilines is 1. The summed E-state index contributed by atoms with van der Waals surface area (Å²) in [4.78, 5) is 28.0. The molecule has 23 heavy (non-hydrogen) atoms. The number of aromatic nitrogens is 1. The second kappa shape index (κ2) is 9.05. The highest BCUT2D eigenvalue weighted by molar-refractivity contribution is 7.14. The number of hydrogen-bond acceptors (Lipinski definition) is 4. The number of unbranched alkanes of at least 4 members (excludes halogenated alkanes) is 2. The molecule has 0 bridgehead atoms. The Labute approximate surface area is 140 Å². The van der Waals surface area contributed by atoms with Gasteiger partial charge in [0.05, 0.1) is 6.42 Å². The Morgan fingerprint density at radius 1 is 1.17 bits per heavy atom. The number of nitrogens with one attached hydrogen (secondary N) is 2. The van der Waals surface area contributed by atoms with Gasteiger partial charge in [-0.15, -0.1) is 11.3 Å². The minimum absolute atomic E-state index is 0.138. The summed E-state index contributed by atoms with van der Waals surface area (Å²) in [5, 5.41) is 7.67. The zero-order chi connectivity index (χ0) is 16.5. The molecule has 0 aliphatic rings. The average molecular weight is 331 g/mol. The number of rotatable bonds is 8. The van der Waals surface area contributed by atoms with Gasteiger partial charge in [0, 0.05) is 11.9 Å². The van der Waals surface area contributed by atoms with E-state index in [1.165, 1.54) is 11.3 Å². The highest BCUT2D eigenvalue weighted by Gasteiger charge is 2.12. The zero-order valence-corrected chi connectivity index (χ0v) is 14.0. The monoisotopic (exact) mass is 331 g/mol. The minimum atomic E-state index is -0.194. The predicted octanol–water partition coefficient (Wildman–Crippen LogP) is 3.24. The molecule has 0 radical (unpaired) electrons. The number of hydrogen-bond donors (Lipinski definition) is 2. The fourth-order valence-corrected chi connectivity index (χ4v) is 2.75. The topological polar surface area (TPSA) is 71.1 Å². The van der Waals surface area contributed by atoms with Gasteiger partial charge in [-0.2, -0.15) is 0 Å². The molecule has 0 aliphatic carbocycles. The Hall–Kier alpha value is -2.21. The van der Waals surface area contributed by atoms with Gasteiger partial charge in [0.15, 0.2) is 5.13 Å². The van der Waals surface area contributed by atoms with Gasteiger partial charge in [-0.05, 0) is 12.0 Å². The maximum atomic E-state index is 12.0. The molecule has 0 aliphatic heterocycles. The van der Waals surface area contributed by atoms with Crippen LogP contribution in [-0.2, 0) is 11.2 Å². The predicted molar refractivity (Wildman–Crippen MR) is 92.7 cm³/mol. The third-order valence-electron chi connectivity index (χ3n) is 3.26. The molecule has 0 saturated heterocycles. The lowest BCUT2D eigenvalue weighted by atomic mass is 10.1. The van der Waals surface area contributed by atoms with E-state index in [9.17, 15) is 9.59 Å². The summed E-state index contributed by atoms with van der Waals surface area (Å²) in [5.74, 6) is -0.332. The molecular weight excluding hydrogens is 310 g/mol. The van der Waals surface area contributed by atoms with Crippen LogP contribution in [0.25, 0.3) is 0 Å². The third-order valence-corrected chi connectivity index (χ3v) is 4.01. The summed E-state index contributed by atoms with van der Waals surface area (Å²) >= 11 is 1.26. The van der Waals surface area contributed by atoms with Crippen LogP contribution in [0.5, 0.6) is 0 Å². The van der Waals surface area contributed by atoms with Crippen molar-refractivity contribution in [2.45, 2.75) is 32.6 Å². The molecule has 122 valence electrons. The molecule has 5 nitrogen and oxygen atoms in total. The van der Waals surface area contributed by atoms with Crippen LogP contribution in [0, 0.1) is 0 Å². The number of carbonyl (C=O) groups excluding carboxylic acids is 2. The first-order chi connectivity index (χ1) is 11.2. The summed E-state index contributed by atoms with van der Waals surface area (Å²) in [6.07, 6.45) is 3.47. The van der Waals surface area contributed by atoms with E-state index >= 15 is 0 Å². The Bertz CT molecular complexity index is 640. The molecule has 1 aromatic carbocycles.